The van der Waals surface area contributed by atoms with Crippen molar-refractivity contribution < 1.29 is 14.3 Å². The number of halogens is 2. The molecule has 0 aliphatic carbocycles. The zero-order valence-electron chi connectivity index (χ0n) is 25.8. The van der Waals surface area contributed by atoms with Crippen molar-refractivity contribution >= 4 is 34.9 Å². The van der Waals surface area contributed by atoms with Crippen molar-refractivity contribution in [1.82, 2.24) is 20.4 Å². The Morgan fingerprint density at radius 2 is 1.68 bits per heavy atom. The molecule has 3 aromatic carbocycles. The van der Waals surface area contributed by atoms with Gasteiger partial charge < -0.3 is 29.9 Å². The molecule has 0 aromatic heterocycles. The van der Waals surface area contributed by atoms with Crippen molar-refractivity contribution in [2.75, 3.05) is 53.4 Å². The Morgan fingerprint density at radius 3 is 2.32 bits per heavy atom. The molecule has 2 aliphatic heterocycles. The van der Waals surface area contributed by atoms with Gasteiger partial charge >= 0.3 is 0 Å². The number of piperazine rings is 1. The van der Waals surface area contributed by atoms with Crippen LogP contribution in [0.15, 0.2) is 71.7 Å². The summed E-state index contributed by atoms with van der Waals surface area (Å²) >= 11 is 12.6. The molecule has 2 heterocycles. The number of benzene rings is 3. The number of aliphatic imine (C=N–C) groups is 1. The Morgan fingerprint density at radius 1 is 1.02 bits per heavy atom. The molecule has 44 heavy (non-hydrogen) atoms. The van der Waals surface area contributed by atoms with E-state index in [9.17, 15) is 4.79 Å². The van der Waals surface area contributed by atoms with E-state index in [2.05, 4.69) is 27.5 Å². The van der Waals surface area contributed by atoms with E-state index in [-0.39, 0.29) is 12.0 Å². The third-order valence-corrected chi connectivity index (χ3v) is 8.67. The van der Waals surface area contributed by atoms with Gasteiger partial charge in [-0.2, -0.15) is 0 Å². The van der Waals surface area contributed by atoms with Gasteiger partial charge in [-0.1, -0.05) is 47.5 Å². The minimum atomic E-state index is -1.27. The van der Waals surface area contributed by atoms with Crippen LogP contribution in [0.25, 0.3) is 0 Å². The molecule has 5 rings (SSSR count). The van der Waals surface area contributed by atoms with Crippen LogP contribution in [0.5, 0.6) is 11.5 Å². The second-order valence-electron chi connectivity index (χ2n) is 11.7. The van der Waals surface area contributed by atoms with Crippen LogP contribution in [-0.2, 0) is 10.3 Å². The first-order valence-corrected chi connectivity index (χ1v) is 15.9. The fourth-order valence-electron chi connectivity index (χ4n) is 5.77. The lowest BCUT2D eigenvalue weighted by Gasteiger charge is -2.35. The minimum absolute atomic E-state index is 0.0838. The Kier molecular flexibility index (Phi) is 10.4. The number of methoxy groups -OCH3 is 1. The molecule has 10 heteroatoms. The molecule has 0 spiro atoms. The van der Waals surface area contributed by atoms with Crippen LogP contribution in [0.4, 0.5) is 0 Å². The van der Waals surface area contributed by atoms with Crippen LogP contribution in [0.3, 0.4) is 0 Å². The van der Waals surface area contributed by atoms with Gasteiger partial charge in [0.2, 0.25) is 0 Å². The predicted molar refractivity (Wildman–Crippen MR) is 177 cm³/mol. The molecule has 2 atom stereocenters. The fourth-order valence-corrected chi connectivity index (χ4v) is 6.02. The molecule has 3 aromatic rings. The van der Waals surface area contributed by atoms with Crippen LogP contribution in [0.1, 0.15) is 43.0 Å². The highest BCUT2D eigenvalue weighted by Gasteiger charge is 2.53. The van der Waals surface area contributed by atoms with Gasteiger partial charge in [-0.3, -0.25) is 9.79 Å². The normalized spacial score (nSPS) is 20.7. The number of carbonyl (C=O) groups is 1. The second-order valence-corrected chi connectivity index (χ2v) is 12.5. The van der Waals surface area contributed by atoms with Crippen molar-refractivity contribution in [2.24, 2.45) is 4.99 Å². The summed E-state index contributed by atoms with van der Waals surface area (Å²) in [6, 6.07) is 19.9. The Bertz CT molecular complexity index is 1460. The average Bonchev–Trinajstić information content (AvgIpc) is 3.42. The Balaban J connectivity index is 1.52. The quantitative estimate of drug-likeness (QED) is 0.269. The van der Waals surface area contributed by atoms with Gasteiger partial charge in [0.15, 0.2) is 5.54 Å². The van der Waals surface area contributed by atoms with Crippen LogP contribution in [0, 0.1) is 0 Å². The number of amides is 1. The van der Waals surface area contributed by atoms with Crippen LogP contribution < -0.4 is 20.1 Å². The number of carbonyl (C=O) groups excluding carboxylic acids is 1. The Labute approximate surface area is 270 Å². The van der Waals surface area contributed by atoms with E-state index in [1.54, 1.807) is 19.2 Å². The van der Waals surface area contributed by atoms with Crippen LogP contribution >= 0.6 is 23.2 Å². The third kappa shape index (κ3) is 7.15. The SMILES string of the molecule is COc1ccc(C2=N[C@H](c3ccc(Cl)cc3)[C@](C(=O)NCCCN3CCN(C)CC3)(c3ccc(Cl)cc3)N2)c(OC(C)C)c1. The molecule has 0 saturated carbocycles. The monoisotopic (exact) mass is 637 g/mol. The molecule has 8 nitrogen and oxygen atoms in total. The van der Waals surface area contributed by atoms with Gasteiger partial charge in [-0.15, -0.1) is 0 Å². The van der Waals surface area contributed by atoms with Crippen molar-refractivity contribution in [3.05, 3.63) is 93.5 Å². The lowest BCUT2D eigenvalue weighted by molar-refractivity contribution is -0.128. The van der Waals surface area contributed by atoms with Gasteiger partial charge in [-0.25, -0.2) is 0 Å². The van der Waals surface area contributed by atoms with Gasteiger partial charge in [0.25, 0.3) is 5.91 Å². The van der Waals surface area contributed by atoms with E-state index >= 15 is 0 Å². The molecule has 2 aliphatic rings. The summed E-state index contributed by atoms with van der Waals surface area (Å²) in [6.07, 6.45) is 0.760. The average molecular weight is 639 g/mol. The molecular formula is C34H41Cl2N5O3. The minimum Gasteiger partial charge on any atom is -0.497 e. The van der Waals surface area contributed by atoms with E-state index < -0.39 is 11.6 Å². The zero-order chi connectivity index (χ0) is 31.3. The lowest BCUT2D eigenvalue weighted by Crippen LogP contribution is -2.56. The molecule has 1 amide bonds. The summed E-state index contributed by atoms with van der Waals surface area (Å²) < 4.78 is 11.7. The highest BCUT2D eigenvalue weighted by Crippen LogP contribution is 2.44. The highest BCUT2D eigenvalue weighted by atomic mass is 35.5. The van der Waals surface area contributed by atoms with Crippen molar-refractivity contribution in [2.45, 2.75) is 38.0 Å². The summed E-state index contributed by atoms with van der Waals surface area (Å²) in [5.74, 6) is 1.65. The first-order chi connectivity index (χ1) is 21.2. The standard InChI is InChI=1S/C34H41Cl2N5O3/c1-23(2)44-30-22-28(43-4)14-15-29(30)32-38-31(24-6-10-26(35)11-7-24)34(39-32,25-8-12-27(36)13-9-25)33(42)37-16-5-17-41-20-18-40(3)19-21-41/h6-15,22-23,31H,5,16-21H2,1-4H3,(H,37,42)(H,38,39)/t31-,34+/m1/s1. The van der Waals surface area contributed by atoms with Crippen molar-refractivity contribution in [3.63, 3.8) is 0 Å². The first kappa shape index (κ1) is 32.1. The number of ether oxygens (including phenoxy) is 2. The van der Waals surface area contributed by atoms with E-state index in [0.717, 1.165) is 55.8 Å². The lowest BCUT2D eigenvalue weighted by atomic mass is 9.79. The summed E-state index contributed by atoms with van der Waals surface area (Å²) in [5.41, 5.74) is 1.06. The largest absolute Gasteiger partial charge is 0.497 e. The van der Waals surface area contributed by atoms with E-state index in [0.29, 0.717) is 33.9 Å². The van der Waals surface area contributed by atoms with E-state index in [1.807, 2.05) is 68.4 Å². The van der Waals surface area contributed by atoms with E-state index in [1.165, 1.54) is 0 Å². The summed E-state index contributed by atoms with van der Waals surface area (Å²) in [4.78, 5) is 24.6. The molecule has 1 saturated heterocycles. The maximum Gasteiger partial charge on any atom is 0.253 e. The van der Waals surface area contributed by atoms with Gasteiger partial charge in [-0.05, 0) is 81.4 Å². The zero-order valence-corrected chi connectivity index (χ0v) is 27.3. The highest BCUT2D eigenvalue weighted by molar-refractivity contribution is 6.30. The Hall–Kier alpha value is -3.30. The number of amidine groups is 1. The predicted octanol–water partition coefficient (Wildman–Crippen LogP) is 5.53. The number of likely N-dealkylation sites (N-methyl/N-ethyl adjacent to an activating group) is 1. The first-order valence-electron chi connectivity index (χ1n) is 15.1. The smallest absolute Gasteiger partial charge is 0.253 e. The van der Waals surface area contributed by atoms with Gasteiger partial charge in [0.1, 0.15) is 23.4 Å². The maximum absolute atomic E-state index is 14.6. The molecule has 0 radical (unpaired) electrons. The van der Waals surface area contributed by atoms with Gasteiger partial charge in [0.05, 0.1) is 18.8 Å². The van der Waals surface area contributed by atoms with Crippen LogP contribution in [0.2, 0.25) is 10.0 Å². The number of hydrogen-bond acceptors (Lipinski definition) is 7. The summed E-state index contributed by atoms with van der Waals surface area (Å²) in [6.45, 7) is 9.61. The van der Waals surface area contributed by atoms with Crippen molar-refractivity contribution in [3.8, 4) is 11.5 Å². The molecule has 1 fully saturated rings. The number of nitrogens with one attached hydrogen (secondary N) is 2. The molecule has 2 N–H and O–H groups in total. The second kappa shape index (κ2) is 14.2. The topological polar surface area (TPSA) is 78.4 Å². The third-order valence-electron chi connectivity index (χ3n) is 8.17. The molecule has 0 unspecified atom stereocenters. The van der Waals surface area contributed by atoms with Crippen molar-refractivity contribution in [1.29, 1.82) is 0 Å². The summed E-state index contributed by atoms with van der Waals surface area (Å²) in [5, 5.41) is 8.04. The fraction of sp³-hybridized carbons (Fsp3) is 0.412. The van der Waals surface area contributed by atoms with E-state index in [4.69, 9.17) is 37.7 Å². The summed E-state index contributed by atoms with van der Waals surface area (Å²) in [7, 11) is 3.77. The molecular weight excluding hydrogens is 597 g/mol. The van der Waals surface area contributed by atoms with Gasteiger partial charge in [0, 0.05) is 48.8 Å². The van der Waals surface area contributed by atoms with Crippen LogP contribution in [-0.4, -0.2) is 81.1 Å². The number of rotatable bonds is 11. The number of nitrogens with zero attached hydrogens (tertiary/aromatic N) is 3. The molecule has 234 valence electrons. The molecule has 0 bridgehead atoms. The number of hydrogen-bond donors (Lipinski definition) is 2. The maximum atomic E-state index is 14.6.